The molecule has 2 aromatic heterocycles. The molecule has 1 aromatic carbocycles. The number of nitrogens with zero attached hydrogens (tertiary/aromatic N) is 4. The minimum atomic E-state index is -0.407. The number of halogens is 2. The van der Waals surface area contributed by atoms with Crippen molar-refractivity contribution in [1.29, 1.82) is 0 Å². The monoisotopic (exact) mass is 442 g/mol. The number of nitrogens with one attached hydrogen (secondary N) is 2. The summed E-state index contributed by atoms with van der Waals surface area (Å²) in [7, 11) is 0. The number of H-pyrrole nitrogens is 1. The van der Waals surface area contributed by atoms with E-state index in [2.05, 4.69) is 30.4 Å². The molecule has 1 saturated heterocycles. The number of benzene rings is 1. The second kappa shape index (κ2) is 8.42. The molecule has 2 aliphatic rings. The van der Waals surface area contributed by atoms with Crippen LogP contribution in [0.25, 0.3) is 11.0 Å². The average molecular weight is 443 g/mol. The van der Waals surface area contributed by atoms with Crippen LogP contribution in [0.5, 0.6) is 0 Å². The second-order valence-corrected chi connectivity index (χ2v) is 9.01. The molecular weight excluding hydrogens is 419 g/mol. The van der Waals surface area contributed by atoms with Crippen molar-refractivity contribution in [3.63, 3.8) is 0 Å². The number of carbonyl (C=O) groups excluding carboxylic acids is 1. The molecule has 0 bridgehead atoms. The first-order chi connectivity index (χ1) is 15.1. The molecule has 7 nitrogen and oxygen atoms in total. The molecule has 0 radical (unpaired) electrons. The normalized spacial score (nSPS) is 20.1. The Kier molecular flexibility index (Phi) is 5.48. The number of fused-ring (bicyclic) bond motifs is 1. The van der Waals surface area contributed by atoms with E-state index in [0.29, 0.717) is 23.0 Å². The molecule has 2 atom stereocenters. The Balaban J connectivity index is 1.28. The zero-order chi connectivity index (χ0) is 21.4. The summed E-state index contributed by atoms with van der Waals surface area (Å²) in [5.41, 5.74) is 1.28. The highest BCUT2D eigenvalue weighted by Crippen LogP contribution is 2.37. The minimum Gasteiger partial charge on any atom is -0.375 e. The molecule has 2 fully saturated rings. The van der Waals surface area contributed by atoms with Crippen molar-refractivity contribution in [2.24, 2.45) is 11.8 Å². The molecule has 31 heavy (non-hydrogen) atoms. The van der Waals surface area contributed by atoms with Crippen molar-refractivity contribution in [2.75, 3.05) is 23.3 Å². The average Bonchev–Trinajstić information content (AvgIpc) is 3.46. The third kappa shape index (κ3) is 4.49. The third-order valence-electron chi connectivity index (χ3n) is 6.16. The Hall–Kier alpha value is -2.74. The predicted molar refractivity (Wildman–Crippen MR) is 118 cm³/mol. The van der Waals surface area contributed by atoms with Crippen LogP contribution < -0.4 is 10.2 Å². The standard InChI is InChI=1S/C22H24ClFN6O/c23-15-7-16(24)9-17(8-15)28-20(14-3-4-14)19(31)6-13-2-1-5-30(11-13)22-18-10-27-29-21(18)25-12-26-22/h7-10,12-14,20,28H,1-6,11H2,(H,25,26,27,29)/t13-,20+/m0/s1. The summed E-state index contributed by atoms with van der Waals surface area (Å²) in [6, 6.07) is 4.03. The fourth-order valence-electron chi connectivity index (χ4n) is 4.55. The van der Waals surface area contributed by atoms with E-state index in [1.807, 2.05) is 0 Å². The minimum absolute atomic E-state index is 0.186. The molecule has 1 aliphatic heterocycles. The summed E-state index contributed by atoms with van der Waals surface area (Å²) in [5, 5.41) is 11.4. The Labute approximate surface area is 184 Å². The lowest BCUT2D eigenvalue weighted by Gasteiger charge is -2.34. The van der Waals surface area contributed by atoms with E-state index in [1.165, 1.54) is 12.1 Å². The molecule has 0 amide bonds. The number of carbonyl (C=O) groups is 1. The molecule has 3 aromatic rings. The number of hydrogen-bond donors (Lipinski definition) is 2. The maximum atomic E-state index is 13.7. The first-order valence-electron chi connectivity index (χ1n) is 10.7. The number of hydrogen-bond acceptors (Lipinski definition) is 6. The van der Waals surface area contributed by atoms with Crippen molar-refractivity contribution in [3.8, 4) is 0 Å². The van der Waals surface area contributed by atoms with E-state index in [1.54, 1.807) is 18.6 Å². The van der Waals surface area contributed by atoms with E-state index in [-0.39, 0.29) is 17.7 Å². The first kappa shape index (κ1) is 20.2. The molecule has 1 aliphatic carbocycles. The number of aromatic nitrogens is 4. The van der Waals surface area contributed by atoms with E-state index in [4.69, 9.17) is 11.6 Å². The zero-order valence-corrected chi connectivity index (χ0v) is 17.8. The molecular formula is C22H24ClFN6O. The molecule has 0 unspecified atom stereocenters. The SMILES string of the molecule is O=C(C[C@@H]1CCCN(c2ncnc3[nH]ncc23)C1)[C@H](Nc1cc(F)cc(Cl)c1)C1CC1. The number of ketones is 1. The van der Waals surface area contributed by atoms with Crippen LogP contribution in [-0.2, 0) is 4.79 Å². The molecule has 2 N–H and O–H groups in total. The Morgan fingerprint density at radius 2 is 2.16 bits per heavy atom. The van der Waals surface area contributed by atoms with Gasteiger partial charge in [-0.3, -0.25) is 9.89 Å². The van der Waals surface area contributed by atoms with Crippen molar-refractivity contribution < 1.29 is 9.18 Å². The summed E-state index contributed by atoms with van der Waals surface area (Å²) in [4.78, 5) is 24.1. The summed E-state index contributed by atoms with van der Waals surface area (Å²) in [6.07, 6.45) is 7.82. The summed E-state index contributed by atoms with van der Waals surface area (Å²) >= 11 is 5.98. The van der Waals surface area contributed by atoms with Gasteiger partial charge in [0.05, 0.1) is 17.6 Å². The largest absolute Gasteiger partial charge is 0.375 e. The lowest BCUT2D eigenvalue weighted by Crippen LogP contribution is -2.39. The van der Waals surface area contributed by atoms with Gasteiger partial charge in [-0.25, -0.2) is 14.4 Å². The van der Waals surface area contributed by atoms with Gasteiger partial charge in [0.1, 0.15) is 18.0 Å². The fourth-order valence-corrected chi connectivity index (χ4v) is 4.77. The summed E-state index contributed by atoms with van der Waals surface area (Å²) in [5.74, 6) is 1.20. The van der Waals surface area contributed by atoms with E-state index < -0.39 is 5.82 Å². The van der Waals surface area contributed by atoms with Crippen LogP contribution in [0.1, 0.15) is 32.1 Å². The van der Waals surface area contributed by atoms with Gasteiger partial charge in [0.2, 0.25) is 0 Å². The smallest absolute Gasteiger partial charge is 0.160 e. The molecule has 5 rings (SSSR count). The van der Waals surface area contributed by atoms with Crippen LogP contribution in [-0.4, -0.2) is 45.1 Å². The van der Waals surface area contributed by atoms with E-state index in [9.17, 15) is 9.18 Å². The van der Waals surface area contributed by atoms with Crippen molar-refractivity contribution >= 4 is 39.9 Å². The maximum Gasteiger partial charge on any atom is 0.160 e. The fraction of sp³-hybridized carbons (Fsp3) is 0.455. The quantitative estimate of drug-likeness (QED) is 0.570. The highest BCUT2D eigenvalue weighted by Gasteiger charge is 2.37. The molecule has 162 valence electrons. The summed E-state index contributed by atoms with van der Waals surface area (Å²) in [6.45, 7) is 1.67. The highest BCUT2D eigenvalue weighted by atomic mass is 35.5. The lowest BCUT2D eigenvalue weighted by atomic mass is 9.89. The van der Waals surface area contributed by atoms with Gasteiger partial charge in [0.25, 0.3) is 0 Å². The molecule has 9 heteroatoms. The van der Waals surface area contributed by atoms with Gasteiger partial charge in [-0.1, -0.05) is 11.6 Å². The first-order valence-corrected chi connectivity index (χ1v) is 11.1. The number of aromatic amines is 1. The predicted octanol–water partition coefficient (Wildman–Crippen LogP) is 4.21. The topological polar surface area (TPSA) is 86.8 Å². The van der Waals surface area contributed by atoms with Gasteiger partial charge in [-0.2, -0.15) is 5.10 Å². The van der Waals surface area contributed by atoms with Gasteiger partial charge in [0.15, 0.2) is 11.4 Å². The lowest BCUT2D eigenvalue weighted by molar-refractivity contribution is -0.121. The van der Waals surface area contributed by atoms with Crippen LogP contribution in [0.2, 0.25) is 5.02 Å². The van der Waals surface area contributed by atoms with Gasteiger partial charge < -0.3 is 10.2 Å². The molecule has 3 heterocycles. The van der Waals surface area contributed by atoms with Crippen molar-refractivity contribution in [3.05, 3.63) is 41.6 Å². The number of piperidine rings is 1. The van der Waals surface area contributed by atoms with Crippen molar-refractivity contribution in [1.82, 2.24) is 20.2 Å². The highest BCUT2D eigenvalue weighted by molar-refractivity contribution is 6.30. The number of anilines is 2. The van der Waals surface area contributed by atoms with Crippen LogP contribution >= 0.6 is 11.6 Å². The van der Waals surface area contributed by atoms with Gasteiger partial charge >= 0.3 is 0 Å². The van der Waals surface area contributed by atoms with Crippen LogP contribution in [0.3, 0.4) is 0 Å². The van der Waals surface area contributed by atoms with Crippen LogP contribution in [0.15, 0.2) is 30.7 Å². The Morgan fingerprint density at radius 1 is 1.29 bits per heavy atom. The maximum absolute atomic E-state index is 13.7. The summed E-state index contributed by atoms with van der Waals surface area (Å²) < 4.78 is 13.7. The van der Waals surface area contributed by atoms with Crippen molar-refractivity contribution in [2.45, 2.75) is 38.1 Å². The van der Waals surface area contributed by atoms with Crippen LogP contribution in [0.4, 0.5) is 15.9 Å². The number of Topliss-reactive ketones (excluding diaryl/α,β-unsaturated/α-hetero) is 1. The number of rotatable bonds is 7. The second-order valence-electron chi connectivity index (χ2n) is 8.57. The molecule has 0 spiro atoms. The van der Waals surface area contributed by atoms with Gasteiger partial charge in [-0.15, -0.1) is 0 Å². The van der Waals surface area contributed by atoms with E-state index in [0.717, 1.165) is 55.6 Å². The molecule has 1 saturated carbocycles. The van der Waals surface area contributed by atoms with Gasteiger partial charge in [0, 0.05) is 30.2 Å². The van der Waals surface area contributed by atoms with Crippen LogP contribution in [0, 0.1) is 17.7 Å². The van der Waals surface area contributed by atoms with E-state index >= 15 is 0 Å². The third-order valence-corrected chi connectivity index (χ3v) is 6.38. The Morgan fingerprint density at radius 3 is 2.97 bits per heavy atom. The zero-order valence-electron chi connectivity index (χ0n) is 17.0. The van der Waals surface area contributed by atoms with Gasteiger partial charge in [-0.05, 0) is 55.7 Å². The Bertz CT molecular complexity index is 1080.